The second kappa shape index (κ2) is 7.18. The van der Waals surface area contributed by atoms with Crippen LogP contribution in [0, 0.1) is 24.0 Å². The van der Waals surface area contributed by atoms with Gasteiger partial charge in [0.05, 0.1) is 18.1 Å². The lowest BCUT2D eigenvalue weighted by molar-refractivity contribution is -0.137. The number of benzene rings is 1. The van der Waals surface area contributed by atoms with Gasteiger partial charge in [-0.05, 0) is 30.0 Å². The summed E-state index contributed by atoms with van der Waals surface area (Å²) in [5, 5.41) is 12.7. The second-order valence-corrected chi connectivity index (χ2v) is 7.92. The third-order valence-electron chi connectivity index (χ3n) is 4.61. The minimum absolute atomic E-state index is 0.0892. The van der Waals surface area contributed by atoms with Gasteiger partial charge in [-0.2, -0.15) is 0 Å². The lowest BCUT2D eigenvalue weighted by Crippen LogP contribution is -2.36. The van der Waals surface area contributed by atoms with Gasteiger partial charge in [0, 0.05) is 23.2 Å². The van der Waals surface area contributed by atoms with E-state index < -0.39 is 29.1 Å². The van der Waals surface area contributed by atoms with E-state index in [0.717, 1.165) is 11.8 Å². The minimum Gasteiger partial charge on any atom is -0.481 e. The number of halogens is 2. The van der Waals surface area contributed by atoms with Gasteiger partial charge in [0.15, 0.2) is 17.5 Å². The van der Waals surface area contributed by atoms with Gasteiger partial charge in [0.2, 0.25) is 0 Å². The fourth-order valence-electron chi connectivity index (χ4n) is 3.02. The molecule has 0 bridgehead atoms. The maximum absolute atomic E-state index is 14.3. The molecule has 2 aromatic heterocycles. The van der Waals surface area contributed by atoms with Crippen molar-refractivity contribution in [3.63, 3.8) is 0 Å². The second-order valence-electron chi connectivity index (χ2n) is 7.92. The number of nitrogens with one attached hydrogen (secondary N) is 2. The topological polar surface area (TPSA) is 90.9 Å². The van der Waals surface area contributed by atoms with Crippen molar-refractivity contribution in [2.45, 2.75) is 40.2 Å². The number of aromatic amines is 1. The van der Waals surface area contributed by atoms with E-state index in [9.17, 15) is 13.6 Å². The SMILES string of the molecule is Cc1cc(F)c2[nH]cc(-c3ncc(F)c(N[C@H](CC(=O)O)C(C)(C)C)n3)c2c1. The molecule has 0 saturated carbocycles. The molecular formula is C20H22F2N4O2. The Morgan fingerprint density at radius 3 is 2.64 bits per heavy atom. The summed E-state index contributed by atoms with van der Waals surface area (Å²) in [4.78, 5) is 22.3. The number of aryl methyl sites for hydroxylation is 1. The molecule has 0 saturated heterocycles. The lowest BCUT2D eigenvalue weighted by Gasteiger charge is -2.30. The maximum Gasteiger partial charge on any atom is 0.305 e. The van der Waals surface area contributed by atoms with E-state index in [0.29, 0.717) is 16.5 Å². The zero-order valence-electron chi connectivity index (χ0n) is 16.1. The van der Waals surface area contributed by atoms with Crippen LogP contribution in [0.1, 0.15) is 32.8 Å². The number of rotatable bonds is 5. The van der Waals surface area contributed by atoms with E-state index in [-0.39, 0.29) is 18.1 Å². The van der Waals surface area contributed by atoms with Crippen molar-refractivity contribution in [3.05, 3.63) is 41.7 Å². The van der Waals surface area contributed by atoms with E-state index in [1.165, 1.54) is 6.07 Å². The number of H-pyrrole nitrogens is 1. The molecule has 0 fully saturated rings. The molecule has 3 N–H and O–H groups in total. The van der Waals surface area contributed by atoms with Crippen molar-refractivity contribution in [2.75, 3.05) is 5.32 Å². The number of carboxylic acid groups (broad SMARTS) is 1. The van der Waals surface area contributed by atoms with Gasteiger partial charge in [0.25, 0.3) is 0 Å². The number of nitrogens with zero attached hydrogens (tertiary/aromatic N) is 2. The van der Waals surface area contributed by atoms with Crippen molar-refractivity contribution < 1.29 is 18.7 Å². The van der Waals surface area contributed by atoms with Gasteiger partial charge in [0.1, 0.15) is 5.82 Å². The molecule has 0 aliphatic rings. The Morgan fingerprint density at radius 1 is 1.29 bits per heavy atom. The number of aromatic nitrogens is 3. The molecule has 0 unspecified atom stereocenters. The third-order valence-corrected chi connectivity index (χ3v) is 4.61. The number of anilines is 1. The predicted octanol–water partition coefficient (Wildman–Crippen LogP) is 4.51. The Kier molecular flexibility index (Phi) is 5.06. The molecule has 2 heterocycles. The standard InChI is InChI=1S/C20H22F2N4O2/c1-10-5-11-12(8-23-17(11)13(21)6-10)18-24-9-14(22)19(26-18)25-15(7-16(27)28)20(2,3)4/h5-6,8-9,15,23H,7H2,1-4H3,(H,27,28)(H,24,25,26)/t15-/m1/s1. The molecule has 0 amide bonds. The first-order chi connectivity index (χ1) is 13.1. The largest absolute Gasteiger partial charge is 0.481 e. The zero-order chi connectivity index (χ0) is 20.6. The zero-order valence-corrected chi connectivity index (χ0v) is 16.1. The Hall–Kier alpha value is -3.03. The number of aliphatic carboxylic acids is 1. The Morgan fingerprint density at radius 2 is 2.00 bits per heavy atom. The fourth-order valence-corrected chi connectivity index (χ4v) is 3.02. The monoisotopic (exact) mass is 388 g/mol. The van der Waals surface area contributed by atoms with Crippen LogP contribution in [0.4, 0.5) is 14.6 Å². The van der Waals surface area contributed by atoms with E-state index in [1.54, 1.807) is 19.2 Å². The first-order valence-electron chi connectivity index (χ1n) is 8.84. The quantitative estimate of drug-likeness (QED) is 0.598. The van der Waals surface area contributed by atoms with Crippen LogP contribution in [0.15, 0.2) is 24.5 Å². The maximum atomic E-state index is 14.3. The first kappa shape index (κ1) is 19.7. The van der Waals surface area contributed by atoms with Crippen LogP contribution in [-0.2, 0) is 4.79 Å². The highest BCUT2D eigenvalue weighted by molar-refractivity contribution is 5.94. The van der Waals surface area contributed by atoms with E-state index in [2.05, 4.69) is 20.3 Å². The number of hydrogen-bond donors (Lipinski definition) is 3. The van der Waals surface area contributed by atoms with E-state index in [4.69, 9.17) is 5.11 Å². The minimum atomic E-state index is -0.996. The number of fused-ring (bicyclic) bond motifs is 1. The molecule has 3 aromatic rings. The molecule has 6 nitrogen and oxygen atoms in total. The third kappa shape index (κ3) is 3.95. The number of carbonyl (C=O) groups is 1. The Labute approximate surface area is 161 Å². The molecule has 0 aliphatic carbocycles. The molecule has 1 aromatic carbocycles. The Balaban J connectivity index is 2.04. The van der Waals surface area contributed by atoms with Crippen LogP contribution in [0.3, 0.4) is 0 Å². The highest BCUT2D eigenvalue weighted by Crippen LogP contribution is 2.31. The smallest absolute Gasteiger partial charge is 0.305 e. The van der Waals surface area contributed by atoms with Crippen LogP contribution in [0.5, 0.6) is 0 Å². The van der Waals surface area contributed by atoms with E-state index in [1.807, 2.05) is 20.8 Å². The molecule has 0 spiro atoms. The molecule has 0 radical (unpaired) electrons. The van der Waals surface area contributed by atoms with Crippen LogP contribution < -0.4 is 5.32 Å². The van der Waals surface area contributed by atoms with Crippen LogP contribution in [0.25, 0.3) is 22.3 Å². The molecule has 148 valence electrons. The average Bonchev–Trinajstić information content (AvgIpc) is 2.99. The van der Waals surface area contributed by atoms with Crippen molar-refractivity contribution in [3.8, 4) is 11.4 Å². The van der Waals surface area contributed by atoms with Crippen LogP contribution >= 0.6 is 0 Å². The molecule has 0 aliphatic heterocycles. The van der Waals surface area contributed by atoms with Crippen molar-refractivity contribution in [1.82, 2.24) is 15.0 Å². The summed E-state index contributed by atoms with van der Waals surface area (Å²) in [6, 6.07) is 2.66. The summed E-state index contributed by atoms with van der Waals surface area (Å²) in [6.45, 7) is 7.36. The highest BCUT2D eigenvalue weighted by atomic mass is 19.1. The average molecular weight is 388 g/mol. The van der Waals surface area contributed by atoms with Crippen molar-refractivity contribution >= 4 is 22.7 Å². The van der Waals surface area contributed by atoms with Crippen molar-refractivity contribution in [2.24, 2.45) is 5.41 Å². The molecule has 1 atom stereocenters. The van der Waals surface area contributed by atoms with Crippen LogP contribution in [-0.4, -0.2) is 32.1 Å². The predicted molar refractivity (Wildman–Crippen MR) is 103 cm³/mol. The summed E-state index contributed by atoms with van der Waals surface area (Å²) >= 11 is 0. The fraction of sp³-hybridized carbons (Fsp3) is 0.350. The first-order valence-corrected chi connectivity index (χ1v) is 8.84. The molecule has 3 rings (SSSR count). The molecule has 8 heteroatoms. The summed E-state index contributed by atoms with van der Waals surface area (Å²) in [5.41, 5.74) is 1.14. The van der Waals surface area contributed by atoms with Gasteiger partial charge in [-0.15, -0.1) is 0 Å². The van der Waals surface area contributed by atoms with Gasteiger partial charge in [-0.1, -0.05) is 20.8 Å². The summed E-state index contributed by atoms with van der Waals surface area (Å²) in [6.07, 6.45) is 2.40. The lowest BCUT2D eigenvalue weighted by atomic mass is 9.85. The van der Waals surface area contributed by atoms with Crippen molar-refractivity contribution in [1.29, 1.82) is 0 Å². The van der Waals surface area contributed by atoms with Gasteiger partial charge < -0.3 is 15.4 Å². The van der Waals surface area contributed by atoms with Crippen LogP contribution in [0.2, 0.25) is 0 Å². The highest BCUT2D eigenvalue weighted by Gasteiger charge is 2.28. The number of carboxylic acids is 1. The number of hydrogen-bond acceptors (Lipinski definition) is 4. The van der Waals surface area contributed by atoms with Gasteiger partial charge in [-0.3, -0.25) is 4.79 Å². The summed E-state index contributed by atoms with van der Waals surface area (Å²) < 4.78 is 28.5. The summed E-state index contributed by atoms with van der Waals surface area (Å²) in [7, 11) is 0. The van der Waals surface area contributed by atoms with Gasteiger partial charge in [-0.25, -0.2) is 18.7 Å². The van der Waals surface area contributed by atoms with Gasteiger partial charge >= 0.3 is 5.97 Å². The Bertz CT molecular complexity index is 1040. The van der Waals surface area contributed by atoms with E-state index >= 15 is 0 Å². The molecule has 28 heavy (non-hydrogen) atoms. The molecular weight excluding hydrogens is 366 g/mol. The normalized spacial score (nSPS) is 12.9. The summed E-state index contributed by atoms with van der Waals surface area (Å²) in [5.74, 6) is -1.96.